The molecular weight excluding hydrogens is 284 g/mol. The molecular formula is C16H26N2O2S. The van der Waals surface area contributed by atoms with E-state index < -0.39 is 10.0 Å². The van der Waals surface area contributed by atoms with Gasteiger partial charge in [-0.05, 0) is 37.2 Å². The Balaban J connectivity index is 2.04. The van der Waals surface area contributed by atoms with Crippen LogP contribution in [0.25, 0.3) is 0 Å². The zero-order valence-electron chi connectivity index (χ0n) is 12.9. The van der Waals surface area contributed by atoms with Gasteiger partial charge in [0.1, 0.15) is 0 Å². The van der Waals surface area contributed by atoms with Crippen molar-refractivity contribution >= 4 is 10.0 Å². The van der Waals surface area contributed by atoms with Gasteiger partial charge in [0.25, 0.3) is 0 Å². The molecule has 2 rings (SSSR count). The maximum atomic E-state index is 12.6. The van der Waals surface area contributed by atoms with Gasteiger partial charge in [0.2, 0.25) is 10.0 Å². The summed E-state index contributed by atoms with van der Waals surface area (Å²) in [7, 11) is -3.22. The van der Waals surface area contributed by atoms with Crippen LogP contribution in [0.5, 0.6) is 0 Å². The van der Waals surface area contributed by atoms with E-state index in [2.05, 4.69) is 0 Å². The van der Waals surface area contributed by atoms with Gasteiger partial charge in [0.15, 0.2) is 0 Å². The van der Waals surface area contributed by atoms with Crippen LogP contribution < -0.4 is 5.73 Å². The summed E-state index contributed by atoms with van der Waals surface area (Å²) in [5.41, 5.74) is 7.01. The minimum atomic E-state index is -3.22. The summed E-state index contributed by atoms with van der Waals surface area (Å²) in [6.45, 7) is 5.14. The molecule has 118 valence electrons. The summed E-state index contributed by atoms with van der Waals surface area (Å²) < 4.78 is 26.9. The first kappa shape index (κ1) is 16.5. The molecule has 0 saturated carbocycles. The molecule has 0 bridgehead atoms. The predicted molar refractivity (Wildman–Crippen MR) is 86.6 cm³/mol. The molecule has 1 aliphatic heterocycles. The standard InChI is InChI=1S/C16H26N2O2S/c1-13(15-7-4-3-5-8-15)12-21(19,20)18-10-6-9-16(11-18)14(2)17/h3-5,7-8,13-14,16H,6,9-12,17H2,1-2H3. The number of rotatable bonds is 5. The third-order valence-corrected chi connectivity index (χ3v) is 6.43. The van der Waals surface area contributed by atoms with Gasteiger partial charge in [-0.15, -0.1) is 0 Å². The molecule has 3 unspecified atom stereocenters. The molecule has 0 aliphatic carbocycles. The summed E-state index contributed by atoms with van der Waals surface area (Å²) >= 11 is 0. The maximum Gasteiger partial charge on any atom is 0.214 e. The molecule has 1 heterocycles. The fourth-order valence-corrected chi connectivity index (χ4v) is 4.82. The smallest absolute Gasteiger partial charge is 0.214 e. The van der Waals surface area contributed by atoms with Gasteiger partial charge in [-0.1, -0.05) is 37.3 Å². The first-order valence-corrected chi connectivity index (χ1v) is 9.29. The highest BCUT2D eigenvalue weighted by atomic mass is 32.2. The molecule has 1 saturated heterocycles. The van der Waals surface area contributed by atoms with Gasteiger partial charge in [0, 0.05) is 19.1 Å². The Bertz CT molecular complexity index is 543. The van der Waals surface area contributed by atoms with Crippen molar-refractivity contribution in [2.75, 3.05) is 18.8 Å². The van der Waals surface area contributed by atoms with Crippen molar-refractivity contribution in [1.82, 2.24) is 4.31 Å². The van der Waals surface area contributed by atoms with Crippen LogP contribution in [0, 0.1) is 5.92 Å². The second-order valence-corrected chi connectivity index (χ2v) is 8.22. The molecule has 21 heavy (non-hydrogen) atoms. The van der Waals surface area contributed by atoms with Crippen molar-refractivity contribution in [3.8, 4) is 0 Å². The molecule has 4 nitrogen and oxygen atoms in total. The third-order valence-electron chi connectivity index (χ3n) is 4.39. The minimum absolute atomic E-state index is 0.00637. The number of hydrogen-bond acceptors (Lipinski definition) is 3. The molecule has 0 amide bonds. The summed E-state index contributed by atoms with van der Waals surface area (Å²) in [4.78, 5) is 0. The van der Waals surface area contributed by atoms with E-state index in [1.54, 1.807) is 4.31 Å². The van der Waals surface area contributed by atoms with Gasteiger partial charge in [-0.25, -0.2) is 12.7 Å². The van der Waals surface area contributed by atoms with Crippen molar-refractivity contribution in [3.05, 3.63) is 35.9 Å². The number of nitrogens with two attached hydrogens (primary N) is 1. The van der Waals surface area contributed by atoms with E-state index in [-0.39, 0.29) is 23.6 Å². The predicted octanol–water partition coefficient (Wildman–Crippen LogP) is 2.18. The molecule has 0 radical (unpaired) electrons. The molecule has 1 aromatic rings. The lowest BCUT2D eigenvalue weighted by Crippen LogP contribution is -2.46. The maximum absolute atomic E-state index is 12.6. The van der Waals surface area contributed by atoms with Gasteiger partial charge in [0.05, 0.1) is 5.75 Å². The lowest BCUT2D eigenvalue weighted by Gasteiger charge is -2.34. The minimum Gasteiger partial charge on any atom is -0.328 e. The van der Waals surface area contributed by atoms with E-state index in [0.29, 0.717) is 13.1 Å². The van der Waals surface area contributed by atoms with Crippen LogP contribution in [0.2, 0.25) is 0 Å². The molecule has 1 fully saturated rings. The fourth-order valence-electron chi connectivity index (χ4n) is 2.95. The summed E-state index contributed by atoms with van der Waals surface area (Å²) in [6, 6.07) is 9.87. The quantitative estimate of drug-likeness (QED) is 0.906. The average molecular weight is 310 g/mol. The van der Waals surface area contributed by atoms with Crippen LogP contribution in [0.3, 0.4) is 0 Å². The normalized spacial score (nSPS) is 23.7. The summed E-state index contributed by atoms with van der Waals surface area (Å²) in [5.74, 6) is 0.454. The van der Waals surface area contributed by atoms with Crippen LogP contribution in [0.1, 0.15) is 38.2 Å². The Hall–Kier alpha value is -0.910. The lowest BCUT2D eigenvalue weighted by atomic mass is 9.93. The number of sulfonamides is 1. The Kier molecular flexibility index (Phi) is 5.41. The zero-order valence-corrected chi connectivity index (χ0v) is 13.7. The van der Waals surface area contributed by atoms with Crippen molar-refractivity contribution in [1.29, 1.82) is 0 Å². The highest BCUT2D eigenvalue weighted by Crippen LogP contribution is 2.24. The monoisotopic (exact) mass is 310 g/mol. The summed E-state index contributed by atoms with van der Waals surface area (Å²) in [5, 5.41) is 0. The Morgan fingerprint density at radius 3 is 2.57 bits per heavy atom. The first-order chi connectivity index (χ1) is 9.90. The second-order valence-electron chi connectivity index (χ2n) is 6.21. The van der Waals surface area contributed by atoms with Crippen LogP contribution in [-0.4, -0.2) is 37.6 Å². The van der Waals surface area contributed by atoms with Gasteiger partial charge >= 0.3 is 0 Å². The molecule has 1 aliphatic rings. The first-order valence-electron chi connectivity index (χ1n) is 7.68. The van der Waals surface area contributed by atoms with E-state index in [1.165, 1.54) is 0 Å². The molecule has 0 spiro atoms. The van der Waals surface area contributed by atoms with Crippen LogP contribution in [0.4, 0.5) is 0 Å². The lowest BCUT2D eigenvalue weighted by molar-refractivity contribution is 0.243. The average Bonchev–Trinajstić information content (AvgIpc) is 2.48. The highest BCUT2D eigenvalue weighted by Gasteiger charge is 2.31. The van der Waals surface area contributed by atoms with Crippen molar-refractivity contribution < 1.29 is 8.42 Å². The largest absolute Gasteiger partial charge is 0.328 e. The van der Waals surface area contributed by atoms with Gasteiger partial charge < -0.3 is 5.73 Å². The molecule has 0 aromatic heterocycles. The van der Waals surface area contributed by atoms with Gasteiger partial charge in [-0.2, -0.15) is 0 Å². The SMILES string of the molecule is CC(CS(=O)(=O)N1CCCC(C(C)N)C1)c1ccccc1. The highest BCUT2D eigenvalue weighted by molar-refractivity contribution is 7.89. The van der Waals surface area contributed by atoms with Crippen LogP contribution >= 0.6 is 0 Å². The van der Waals surface area contributed by atoms with Crippen LogP contribution in [0.15, 0.2) is 30.3 Å². The Labute approximate surface area is 128 Å². The number of nitrogens with zero attached hydrogens (tertiary/aromatic N) is 1. The van der Waals surface area contributed by atoms with E-state index in [9.17, 15) is 8.42 Å². The molecule has 5 heteroatoms. The van der Waals surface area contributed by atoms with Crippen molar-refractivity contribution in [2.24, 2.45) is 11.7 Å². The van der Waals surface area contributed by atoms with Crippen molar-refractivity contribution in [2.45, 2.75) is 38.6 Å². The van der Waals surface area contributed by atoms with Crippen LogP contribution in [-0.2, 0) is 10.0 Å². The topological polar surface area (TPSA) is 63.4 Å². The molecule has 3 atom stereocenters. The number of hydrogen-bond donors (Lipinski definition) is 1. The third kappa shape index (κ3) is 4.28. The summed E-state index contributed by atoms with van der Waals surface area (Å²) in [6.07, 6.45) is 1.93. The number of piperidine rings is 1. The number of benzene rings is 1. The van der Waals surface area contributed by atoms with E-state index >= 15 is 0 Å². The van der Waals surface area contributed by atoms with E-state index in [1.807, 2.05) is 44.2 Å². The van der Waals surface area contributed by atoms with E-state index in [0.717, 1.165) is 18.4 Å². The van der Waals surface area contributed by atoms with Gasteiger partial charge in [-0.3, -0.25) is 0 Å². The Morgan fingerprint density at radius 1 is 1.29 bits per heavy atom. The molecule has 2 N–H and O–H groups in total. The zero-order chi connectivity index (χ0) is 15.5. The molecule has 1 aromatic carbocycles. The second kappa shape index (κ2) is 6.90. The Morgan fingerprint density at radius 2 is 1.95 bits per heavy atom. The van der Waals surface area contributed by atoms with E-state index in [4.69, 9.17) is 5.73 Å². The fraction of sp³-hybridized carbons (Fsp3) is 0.625. The van der Waals surface area contributed by atoms with Crippen molar-refractivity contribution in [3.63, 3.8) is 0 Å².